The van der Waals surface area contributed by atoms with Gasteiger partial charge in [-0.15, -0.1) is 0 Å². The summed E-state index contributed by atoms with van der Waals surface area (Å²) in [6, 6.07) is 19.5. The maximum atomic E-state index is 4.46. The second-order valence-electron chi connectivity index (χ2n) is 7.96. The van der Waals surface area contributed by atoms with Gasteiger partial charge in [-0.2, -0.15) is 0 Å². The lowest BCUT2D eigenvalue weighted by Gasteiger charge is -2.33. The first kappa shape index (κ1) is 20.4. The van der Waals surface area contributed by atoms with E-state index < -0.39 is 0 Å². The monoisotopic (exact) mass is 404 g/mol. The normalized spacial score (nSPS) is 16.1. The molecule has 6 heteroatoms. The molecule has 4 rings (SSSR count). The van der Waals surface area contributed by atoms with Gasteiger partial charge in [0, 0.05) is 45.8 Å². The number of imidazole rings is 1. The number of aryl methyl sites for hydroxylation is 1. The van der Waals surface area contributed by atoms with E-state index in [9.17, 15) is 0 Å². The van der Waals surface area contributed by atoms with Crippen LogP contribution in [0.5, 0.6) is 0 Å². The summed E-state index contributed by atoms with van der Waals surface area (Å²) in [7, 11) is 1.85. The van der Waals surface area contributed by atoms with Crippen LogP contribution >= 0.6 is 0 Å². The molecule has 2 aromatic carbocycles. The van der Waals surface area contributed by atoms with Gasteiger partial charge in [0.1, 0.15) is 0 Å². The Labute approximate surface area is 179 Å². The number of hydrogen-bond acceptors (Lipinski definition) is 3. The number of aromatic nitrogens is 2. The van der Waals surface area contributed by atoms with Gasteiger partial charge in [0.2, 0.25) is 0 Å². The Morgan fingerprint density at radius 1 is 1.07 bits per heavy atom. The average molecular weight is 405 g/mol. The van der Waals surface area contributed by atoms with Crippen LogP contribution in [0, 0.1) is 0 Å². The molecule has 2 N–H and O–H groups in total. The van der Waals surface area contributed by atoms with Crippen LogP contribution in [0.3, 0.4) is 0 Å². The van der Waals surface area contributed by atoms with E-state index in [1.54, 1.807) is 0 Å². The number of rotatable bonds is 7. The Kier molecular flexibility index (Phi) is 6.98. The number of hydrogen-bond donors (Lipinski definition) is 2. The fourth-order valence-corrected chi connectivity index (χ4v) is 4.11. The van der Waals surface area contributed by atoms with E-state index in [4.69, 9.17) is 0 Å². The number of para-hydroxylation sites is 2. The SMILES string of the molecule is CN=C(NCCCn1cnc2ccccc21)NC1CCN(Cc2ccccc2)CC1. The third-order valence-corrected chi connectivity index (χ3v) is 5.80. The largest absolute Gasteiger partial charge is 0.356 e. The summed E-state index contributed by atoms with van der Waals surface area (Å²) in [5.41, 5.74) is 3.65. The van der Waals surface area contributed by atoms with Gasteiger partial charge in [0.25, 0.3) is 0 Å². The highest BCUT2D eigenvalue weighted by Gasteiger charge is 2.19. The van der Waals surface area contributed by atoms with Crippen LogP contribution in [0.25, 0.3) is 11.0 Å². The smallest absolute Gasteiger partial charge is 0.191 e. The van der Waals surface area contributed by atoms with E-state index in [1.165, 1.54) is 11.1 Å². The zero-order valence-electron chi connectivity index (χ0n) is 17.8. The summed E-state index contributed by atoms with van der Waals surface area (Å²) >= 11 is 0. The van der Waals surface area contributed by atoms with E-state index >= 15 is 0 Å². The first-order chi connectivity index (χ1) is 14.8. The van der Waals surface area contributed by atoms with Crippen LogP contribution in [-0.2, 0) is 13.1 Å². The maximum absolute atomic E-state index is 4.46. The summed E-state index contributed by atoms with van der Waals surface area (Å²) in [6.45, 7) is 5.12. The third kappa shape index (κ3) is 5.39. The van der Waals surface area contributed by atoms with E-state index in [2.05, 4.69) is 78.6 Å². The number of nitrogens with zero attached hydrogens (tertiary/aromatic N) is 4. The molecule has 1 aromatic heterocycles. The fourth-order valence-electron chi connectivity index (χ4n) is 4.11. The molecule has 1 aliphatic rings. The van der Waals surface area contributed by atoms with Crippen LogP contribution in [0.4, 0.5) is 0 Å². The molecule has 0 bridgehead atoms. The predicted octanol–water partition coefficient (Wildman–Crippen LogP) is 3.26. The Morgan fingerprint density at radius 2 is 1.83 bits per heavy atom. The first-order valence-corrected chi connectivity index (χ1v) is 10.9. The number of fused-ring (bicyclic) bond motifs is 1. The lowest BCUT2D eigenvalue weighted by Crippen LogP contribution is -2.48. The second kappa shape index (κ2) is 10.3. The molecule has 2 heterocycles. The Bertz CT molecular complexity index is 940. The molecule has 0 atom stereocenters. The van der Waals surface area contributed by atoms with Gasteiger partial charge in [0.05, 0.1) is 17.4 Å². The molecule has 0 radical (unpaired) electrons. The van der Waals surface area contributed by atoms with Crippen LogP contribution < -0.4 is 10.6 Å². The molecule has 30 heavy (non-hydrogen) atoms. The number of guanidine groups is 1. The van der Waals surface area contributed by atoms with Gasteiger partial charge in [-0.1, -0.05) is 42.5 Å². The Hall–Kier alpha value is -2.86. The van der Waals surface area contributed by atoms with Crippen LogP contribution in [0.2, 0.25) is 0 Å². The molecule has 158 valence electrons. The molecule has 1 saturated heterocycles. The van der Waals surface area contributed by atoms with Gasteiger partial charge < -0.3 is 15.2 Å². The lowest BCUT2D eigenvalue weighted by molar-refractivity contribution is 0.198. The molecular formula is C24H32N6. The molecule has 3 aromatic rings. The highest BCUT2D eigenvalue weighted by molar-refractivity contribution is 5.80. The number of benzene rings is 2. The van der Waals surface area contributed by atoms with Crippen molar-refractivity contribution in [1.29, 1.82) is 0 Å². The van der Waals surface area contributed by atoms with E-state index in [0.29, 0.717) is 6.04 Å². The van der Waals surface area contributed by atoms with Crippen molar-refractivity contribution < 1.29 is 0 Å². The molecule has 0 aliphatic carbocycles. The second-order valence-corrected chi connectivity index (χ2v) is 7.96. The number of likely N-dealkylation sites (tertiary alicyclic amines) is 1. The summed E-state index contributed by atoms with van der Waals surface area (Å²) in [4.78, 5) is 11.4. The van der Waals surface area contributed by atoms with Crippen LogP contribution in [0.15, 0.2) is 65.9 Å². The van der Waals surface area contributed by atoms with Crippen molar-refractivity contribution in [2.24, 2.45) is 4.99 Å². The van der Waals surface area contributed by atoms with E-state index in [1.807, 2.05) is 19.4 Å². The predicted molar refractivity (Wildman–Crippen MR) is 124 cm³/mol. The van der Waals surface area contributed by atoms with Gasteiger partial charge in [-0.25, -0.2) is 4.98 Å². The standard InChI is InChI=1S/C24H32N6/c1-25-24(26-14-7-15-30-19-27-22-10-5-6-11-23(22)30)28-21-12-16-29(17-13-21)18-20-8-3-2-4-9-20/h2-6,8-11,19,21H,7,12-18H2,1H3,(H2,25,26,28). The quantitative estimate of drug-likeness (QED) is 0.361. The average Bonchev–Trinajstić information content (AvgIpc) is 3.21. The highest BCUT2D eigenvalue weighted by atomic mass is 15.2. The summed E-state index contributed by atoms with van der Waals surface area (Å²) < 4.78 is 2.22. The molecule has 0 amide bonds. The van der Waals surface area contributed by atoms with Gasteiger partial charge in [-0.3, -0.25) is 9.89 Å². The van der Waals surface area contributed by atoms with E-state index in [-0.39, 0.29) is 0 Å². The van der Waals surface area contributed by atoms with Crippen molar-refractivity contribution >= 4 is 17.0 Å². The van der Waals surface area contributed by atoms with E-state index in [0.717, 1.165) is 63.5 Å². The number of aliphatic imine (C=N–C) groups is 1. The van der Waals surface area contributed by atoms with Crippen LogP contribution in [-0.4, -0.2) is 53.1 Å². The van der Waals surface area contributed by atoms with Gasteiger partial charge >= 0.3 is 0 Å². The lowest BCUT2D eigenvalue weighted by atomic mass is 10.0. The minimum absolute atomic E-state index is 0.487. The van der Waals surface area contributed by atoms with Crippen molar-refractivity contribution in [1.82, 2.24) is 25.1 Å². The number of nitrogens with one attached hydrogen (secondary N) is 2. The third-order valence-electron chi connectivity index (χ3n) is 5.80. The zero-order chi connectivity index (χ0) is 20.6. The maximum Gasteiger partial charge on any atom is 0.191 e. The summed E-state index contributed by atoms with van der Waals surface area (Å²) in [5, 5.41) is 7.08. The van der Waals surface area contributed by atoms with Crippen molar-refractivity contribution in [3.8, 4) is 0 Å². The molecule has 0 saturated carbocycles. The molecule has 0 spiro atoms. The Morgan fingerprint density at radius 3 is 2.63 bits per heavy atom. The van der Waals surface area contributed by atoms with Gasteiger partial charge in [0.15, 0.2) is 5.96 Å². The molecule has 0 unspecified atom stereocenters. The minimum Gasteiger partial charge on any atom is -0.356 e. The summed E-state index contributed by atoms with van der Waals surface area (Å²) in [5.74, 6) is 0.909. The highest BCUT2D eigenvalue weighted by Crippen LogP contribution is 2.14. The Balaban J connectivity index is 1.16. The van der Waals surface area contributed by atoms with Crippen LogP contribution in [0.1, 0.15) is 24.8 Å². The van der Waals surface area contributed by atoms with Crippen molar-refractivity contribution in [3.05, 3.63) is 66.5 Å². The molecule has 1 aliphatic heterocycles. The molecular weight excluding hydrogens is 372 g/mol. The topological polar surface area (TPSA) is 57.5 Å². The molecule has 1 fully saturated rings. The fraction of sp³-hybridized carbons (Fsp3) is 0.417. The number of piperidine rings is 1. The summed E-state index contributed by atoms with van der Waals surface area (Å²) in [6.07, 6.45) is 5.25. The molecule has 6 nitrogen and oxygen atoms in total. The van der Waals surface area contributed by atoms with Crippen molar-refractivity contribution in [2.45, 2.75) is 38.4 Å². The van der Waals surface area contributed by atoms with Crippen molar-refractivity contribution in [3.63, 3.8) is 0 Å². The first-order valence-electron chi connectivity index (χ1n) is 10.9. The van der Waals surface area contributed by atoms with Crippen molar-refractivity contribution in [2.75, 3.05) is 26.7 Å². The van der Waals surface area contributed by atoms with Gasteiger partial charge in [-0.05, 0) is 37.0 Å². The minimum atomic E-state index is 0.487. The zero-order valence-corrected chi connectivity index (χ0v) is 17.8.